The highest BCUT2D eigenvalue weighted by Gasteiger charge is 2.13. The third kappa shape index (κ3) is 4.72. The molecule has 0 fully saturated rings. The van der Waals surface area contributed by atoms with Gasteiger partial charge in [0.25, 0.3) is 0 Å². The highest BCUT2D eigenvalue weighted by Crippen LogP contribution is 2.25. The zero-order chi connectivity index (χ0) is 13.4. The van der Waals surface area contributed by atoms with E-state index in [4.69, 9.17) is 0 Å². The largest absolute Gasteiger partial charge is 0.354 e. The summed E-state index contributed by atoms with van der Waals surface area (Å²) in [5.74, 6) is 0.722. The van der Waals surface area contributed by atoms with Crippen LogP contribution in [0.3, 0.4) is 0 Å². The Morgan fingerprint density at radius 2 is 1.83 bits per heavy atom. The molecule has 1 aromatic heterocycles. The molecule has 1 nitrogen and oxygen atoms in total. The smallest absolute Gasteiger partial charge is 0.0212 e. The van der Waals surface area contributed by atoms with Gasteiger partial charge >= 0.3 is 0 Å². The van der Waals surface area contributed by atoms with Crippen LogP contribution in [-0.4, -0.2) is 4.57 Å². The number of aromatic nitrogens is 1. The van der Waals surface area contributed by atoms with Crippen molar-refractivity contribution in [2.75, 3.05) is 0 Å². The summed E-state index contributed by atoms with van der Waals surface area (Å²) in [6.07, 6.45) is 11.1. The fraction of sp³-hybridized carbons (Fsp3) is 0.647. The lowest BCUT2D eigenvalue weighted by Gasteiger charge is -2.19. The van der Waals surface area contributed by atoms with E-state index in [-0.39, 0.29) is 0 Å². The molecule has 0 radical (unpaired) electrons. The predicted molar refractivity (Wildman–Crippen MR) is 80.8 cm³/mol. The van der Waals surface area contributed by atoms with Crippen molar-refractivity contribution in [1.29, 1.82) is 0 Å². The van der Waals surface area contributed by atoms with E-state index in [2.05, 4.69) is 50.4 Å². The maximum Gasteiger partial charge on any atom is 0.0212 e. The molecule has 102 valence electrons. The summed E-state index contributed by atoms with van der Waals surface area (Å²) >= 11 is 0. The third-order valence-corrected chi connectivity index (χ3v) is 3.85. The van der Waals surface area contributed by atoms with Crippen LogP contribution in [0.25, 0.3) is 0 Å². The summed E-state index contributed by atoms with van der Waals surface area (Å²) in [5, 5.41) is 0. The Hall–Kier alpha value is -0.980. The summed E-state index contributed by atoms with van der Waals surface area (Å²) in [6.45, 7) is 8.91. The SMILES string of the molecule is C=C(Cc1cccn1C)C(CCCC)CCCC. The molecule has 1 aromatic rings. The molecule has 0 saturated heterocycles. The van der Waals surface area contributed by atoms with Crippen LogP contribution < -0.4 is 0 Å². The first-order valence-electron chi connectivity index (χ1n) is 7.46. The number of allylic oxidation sites excluding steroid dienone is 1. The molecule has 0 N–H and O–H groups in total. The van der Waals surface area contributed by atoms with Gasteiger partial charge in [-0.05, 0) is 30.9 Å². The molecule has 0 bridgehead atoms. The average Bonchev–Trinajstić information content (AvgIpc) is 2.75. The minimum absolute atomic E-state index is 0.722. The normalized spacial score (nSPS) is 11.1. The first kappa shape index (κ1) is 15.1. The molecular weight excluding hydrogens is 218 g/mol. The van der Waals surface area contributed by atoms with Crippen LogP contribution in [0.4, 0.5) is 0 Å². The molecule has 0 saturated carbocycles. The van der Waals surface area contributed by atoms with Gasteiger partial charge in [0.1, 0.15) is 0 Å². The maximum absolute atomic E-state index is 4.36. The fourth-order valence-corrected chi connectivity index (χ4v) is 2.51. The van der Waals surface area contributed by atoms with Crippen molar-refractivity contribution in [3.05, 3.63) is 36.2 Å². The summed E-state index contributed by atoms with van der Waals surface area (Å²) in [6, 6.07) is 4.33. The minimum atomic E-state index is 0.722. The van der Waals surface area contributed by atoms with Crippen LogP contribution in [0, 0.1) is 5.92 Å². The molecular formula is C17H29N. The van der Waals surface area contributed by atoms with Gasteiger partial charge in [-0.2, -0.15) is 0 Å². The van der Waals surface area contributed by atoms with Crippen LogP contribution in [-0.2, 0) is 13.5 Å². The van der Waals surface area contributed by atoms with Gasteiger partial charge in [0.15, 0.2) is 0 Å². The molecule has 1 rings (SSSR count). The molecule has 1 heterocycles. The molecule has 0 aliphatic rings. The molecule has 0 unspecified atom stereocenters. The zero-order valence-corrected chi connectivity index (χ0v) is 12.4. The van der Waals surface area contributed by atoms with Crippen molar-refractivity contribution in [1.82, 2.24) is 4.57 Å². The van der Waals surface area contributed by atoms with Crippen molar-refractivity contribution in [2.24, 2.45) is 13.0 Å². The van der Waals surface area contributed by atoms with Gasteiger partial charge in [-0.15, -0.1) is 0 Å². The van der Waals surface area contributed by atoms with Crippen LogP contribution in [0.15, 0.2) is 30.5 Å². The van der Waals surface area contributed by atoms with E-state index in [0.29, 0.717) is 0 Å². The number of hydrogen-bond acceptors (Lipinski definition) is 0. The van der Waals surface area contributed by atoms with Crippen molar-refractivity contribution in [3.8, 4) is 0 Å². The molecule has 0 aromatic carbocycles. The second-order valence-corrected chi connectivity index (χ2v) is 5.43. The first-order chi connectivity index (χ1) is 8.69. The van der Waals surface area contributed by atoms with Crippen LogP contribution in [0.5, 0.6) is 0 Å². The Bertz CT molecular complexity index is 340. The molecule has 0 aliphatic heterocycles. The number of aryl methyl sites for hydroxylation is 1. The van der Waals surface area contributed by atoms with Crippen LogP contribution in [0.2, 0.25) is 0 Å². The Labute approximate surface area is 113 Å². The van der Waals surface area contributed by atoms with E-state index in [1.54, 1.807) is 0 Å². The summed E-state index contributed by atoms with van der Waals surface area (Å²) in [4.78, 5) is 0. The van der Waals surface area contributed by atoms with E-state index in [0.717, 1.165) is 12.3 Å². The Morgan fingerprint density at radius 3 is 2.28 bits per heavy atom. The van der Waals surface area contributed by atoms with Crippen molar-refractivity contribution >= 4 is 0 Å². The van der Waals surface area contributed by atoms with Crippen LogP contribution >= 0.6 is 0 Å². The fourth-order valence-electron chi connectivity index (χ4n) is 2.51. The molecule has 0 spiro atoms. The monoisotopic (exact) mass is 247 g/mol. The van der Waals surface area contributed by atoms with Gasteiger partial charge in [-0.3, -0.25) is 0 Å². The lowest BCUT2D eigenvalue weighted by Crippen LogP contribution is -2.08. The van der Waals surface area contributed by atoms with Gasteiger partial charge in [0.2, 0.25) is 0 Å². The van der Waals surface area contributed by atoms with E-state index in [1.807, 2.05) is 0 Å². The lowest BCUT2D eigenvalue weighted by molar-refractivity contribution is 0.468. The van der Waals surface area contributed by atoms with Gasteiger partial charge < -0.3 is 4.57 Å². The molecule has 18 heavy (non-hydrogen) atoms. The number of unbranched alkanes of at least 4 members (excludes halogenated alkanes) is 2. The summed E-state index contributed by atoms with van der Waals surface area (Å²) < 4.78 is 2.21. The topological polar surface area (TPSA) is 4.93 Å². The lowest BCUT2D eigenvalue weighted by atomic mass is 9.87. The van der Waals surface area contributed by atoms with E-state index < -0.39 is 0 Å². The maximum atomic E-state index is 4.36. The van der Waals surface area contributed by atoms with E-state index in [1.165, 1.54) is 49.8 Å². The molecule has 1 heteroatoms. The predicted octanol–water partition coefficient (Wildman–Crippen LogP) is 5.12. The minimum Gasteiger partial charge on any atom is -0.354 e. The van der Waals surface area contributed by atoms with Gasteiger partial charge in [0, 0.05) is 25.4 Å². The highest BCUT2D eigenvalue weighted by molar-refractivity contribution is 5.16. The van der Waals surface area contributed by atoms with Crippen LogP contribution in [0.1, 0.15) is 58.1 Å². The average molecular weight is 247 g/mol. The second-order valence-electron chi connectivity index (χ2n) is 5.43. The first-order valence-corrected chi connectivity index (χ1v) is 7.46. The van der Waals surface area contributed by atoms with Gasteiger partial charge in [-0.25, -0.2) is 0 Å². The molecule has 0 aliphatic carbocycles. The Balaban J connectivity index is 2.55. The van der Waals surface area contributed by atoms with Crippen molar-refractivity contribution in [2.45, 2.75) is 58.8 Å². The second kappa shape index (κ2) is 8.18. The number of hydrogen-bond donors (Lipinski definition) is 0. The Morgan fingerprint density at radius 1 is 1.22 bits per heavy atom. The van der Waals surface area contributed by atoms with Gasteiger partial charge in [0.05, 0.1) is 0 Å². The number of nitrogens with zero attached hydrogens (tertiary/aromatic N) is 1. The summed E-state index contributed by atoms with van der Waals surface area (Å²) in [7, 11) is 2.12. The third-order valence-electron chi connectivity index (χ3n) is 3.85. The quantitative estimate of drug-likeness (QED) is 0.534. The van der Waals surface area contributed by atoms with E-state index in [9.17, 15) is 0 Å². The standard InChI is InChI=1S/C17H29N/c1-5-7-10-16(11-8-6-2)15(3)14-17-12-9-13-18(17)4/h9,12-13,16H,3,5-8,10-11,14H2,1-2,4H3. The summed E-state index contributed by atoms with van der Waals surface area (Å²) in [5.41, 5.74) is 2.82. The Kier molecular flexibility index (Phi) is 6.85. The molecule has 0 amide bonds. The van der Waals surface area contributed by atoms with Crippen molar-refractivity contribution < 1.29 is 0 Å². The molecule has 0 atom stereocenters. The van der Waals surface area contributed by atoms with Crippen molar-refractivity contribution in [3.63, 3.8) is 0 Å². The highest BCUT2D eigenvalue weighted by atomic mass is 14.9. The number of rotatable bonds is 9. The zero-order valence-electron chi connectivity index (χ0n) is 12.4. The van der Waals surface area contributed by atoms with Gasteiger partial charge in [-0.1, -0.05) is 51.7 Å². The van der Waals surface area contributed by atoms with E-state index >= 15 is 0 Å².